The van der Waals surface area contributed by atoms with Gasteiger partial charge in [0, 0.05) is 18.2 Å². The van der Waals surface area contributed by atoms with E-state index in [1.54, 1.807) is 0 Å². The minimum atomic E-state index is -2.52. The van der Waals surface area contributed by atoms with E-state index in [1.807, 2.05) is 0 Å². The van der Waals surface area contributed by atoms with Gasteiger partial charge in [-0.2, -0.15) is 0 Å². The van der Waals surface area contributed by atoms with Gasteiger partial charge in [-0.25, -0.2) is 9.18 Å². The number of aliphatic hydroxyl groups is 2. The third-order valence-corrected chi connectivity index (χ3v) is 3.95. The van der Waals surface area contributed by atoms with Gasteiger partial charge in [-0.3, -0.25) is 14.3 Å². The van der Waals surface area contributed by atoms with E-state index in [4.69, 9.17) is 4.74 Å². The summed E-state index contributed by atoms with van der Waals surface area (Å²) in [5.74, 6) is -2.52. The quantitative estimate of drug-likeness (QED) is 0.477. The summed E-state index contributed by atoms with van der Waals surface area (Å²) in [7, 11) is 3.75. The first-order valence-corrected chi connectivity index (χ1v) is 6.53. The van der Waals surface area contributed by atoms with Crippen molar-refractivity contribution >= 4 is 23.5 Å². The van der Waals surface area contributed by atoms with Crippen LogP contribution in [0.15, 0.2) is 15.8 Å². The number of halogens is 1. The monoisotopic (exact) mass is 296 g/mol. The zero-order valence-corrected chi connectivity index (χ0v) is 12.3. The van der Waals surface area contributed by atoms with Gasteiger partial charge in [-0.15, -0.1) is 0 Å². The Kier molecular flexibility index (Phi) is 3.51. The summed E-state index contributed by atoms with van der Waals surface area (Å²) < 4.78 is 20.9. The Balaban J connectivity index is 2.57. The molecule has 1 aliphatic heterocycles. The fourth-order valence-electron chi connectivity index (χ4n) is 2.36. The number of aliphatic hydroxyl groups excluding tert-OH is 1. The van der Waals surface area contributed by atoms with Gasteiger partial charge in [0.15, 0.2) is 7.85 Å². The average molecular weight is 296 g/mol. The Labute approximate surface area is 122 Å². The molecule has 3 atom stereocenters. The van der Waals surface area contributed by atoms with Gasteiger partial charge < -0.3 is 14.9 Å². The van der Waals surface area contributed by atoms with Gasteiger partial charge in [0.1, 0.15) is 21.3 Å². The van der Waals surface area contributed by atoms with Crippen molar-refractivity contribution in [1.29, 1.82) is 0 Å². The van der Waals surface area contributed by atoms with E-state index in [9.17, 15) is 24.2 Å². The van der Waals surface area contributed by atoms with Crippen LogP contribution in [0, 0.1) is 6.92 Å². The van der Waals surface area contributed by atoms with Crippen LogP contribution in [0.4, 0.5) is 4.39 Å². The molecule has 11 heteroatoms. The second kappa shape index (κ2) is 4.59. The van der Waals surface area contributed by atoms with Gasteiger partial charge in [0.25, 0.3) is 5.56 Å². The molecule has 0 spiro atoms. The van der Waals surface area contributed by atoms with Crippen molar-refractivity contribution in [3.05, 3.63) is 32.6 Å². The summed E-state index contributed by atoms with van der Waals surface area (Å²) in [5, 5.41) is 18.2. The third kappa shape index (κ3) is 2.39. The van der Waals surface area contributed by atoms with Crippen LogP contribution in [0.2, 0.25) is 0 Å². The van der Waals surface area contributed by atoms with Crippen LogP contribution < -0.4 is 11.2 Å². The summed E-state index contributed by atoms with van der Waals surface area (Å²) in [6.45, 7) is 1.47. The van der Waals surface area contributed by atoms with E-state index >= 15 is 0 Å². The van der Waals surface area contributed by atoms with Crippen LogP contribution in [-0.4, -0.2) is 60.7 Å². The molecule has 7 nitrogen and oxygen atoms in total. The third-order valence-electron chi connectivity index (χ3n) is 3.95. The molecule has 1 saturated heterocycles. The summed E-state index contributed by atoms with van der Waals surface area (Å²) in [6.07, 6.45) is -0.685. The topological polar surface area (TPSA) is 105 Å². The Morgan fingerprint density at radius 1 is 1.57 bits per heavy atom. The lowest BCUT2D eigenvalue weighted by Crippen LogP contribution is -2.55. The lowest BCUT2D eigenvalue weighted by Gasteiger charge is -2.36. The maximum atomic E-state index is 14.7. The minimum absolute atomic E-state index is 0.214. The van der Waals surface area contributed by atoms with Crippen molar-refractivity contribution < 1.29 is 19.3 Å². The van der Waals surface area contributed by atoms with Crippen LogP contribution in [0.5, 0.6) is 0 Å². The number of alkyl halides is 1. The number of hydrogen-bond donors (Lipinski definition) is 3. The van der Waals surface area contributed by atoms with Crippen molar-refractivity contribution in [1.82, 2.24) is 9.55 Å². The molecular weight excluding hydrogens is 280 g/mol. The zero-order valence-electron chi connectivity index (χ0n) is 12.3. The number of nitrogens with zero attached hydrogens (tertiary/aromatic N) is 1. The summed E-state index contributed by atoms with van der Waals surface area (Å²) in [5.41, 5.74) is -2.92. The van der Waals surface area contributed by atoms with Crippen LogP contribution >= 0.6 is 0 Å². The second-order valence-corrected chi connectivity index (χ2v) is 6.11. The fourth-order valence-corrected chi connectivity index (χ4v) is 2.36. The molecular formula is C10H16B3FN2O5. The second-order valence-electron chi connectivity index (χ2n) is 6.11. The molecule has 112 valence electrons. The smallest absolute Gasteiger partial charge is 0.330 e. The predicted octanol–water partition coefficient (Wildman–Crippen LogP) is -4.55. The molecule has 2 rings (SSSR count). The molecule has 1 aliphatic rings. The molecule has 0 aliphatic carbocycles. The Morgan fingerprint density at radius 2 is 2.14 bits per heavy atom. The van der Waals surface area contributed by atoms with E-state index < -0.39 is 40.7 Å². The number of hydrogen-bond acceptors (Lipinski definition) is 5. The van der Waals surface area contributed by atoms with Crippen LogP contribution in [0.1, 0.15) is 12.0 Å². The molecule has 1 fully saturated rings. The molecule has 2 heterocycles. The first-order chi connectivity index (χ1) is 9.41. The lowest BCUT2D eigenvalue weighted by molar-refractivity contribution is -0.222. The maximum absolute atomic E-state index is 14.7. The number of aryl methyl sites for hydroxylation is 1. The number of aromatic amines is 1. The lowest BCUT2D eigenvalue weighted by atomic mass is 9.60. The van der Waals surface area contributed by atoms with Crippen LogP contribution in [0.3, 0.4) is 0 Å². The number of ether oxygens (including phenoxy) is 1. The highest BCUT2D eigenvalue weighted by Crippen LogP contribution is 2.44. The van der Waals surface area contributed by atoms with Gasteiger partial charge in [0.05, 0.1) is 11.5 Å². The first kappa shape index (κ1) is 16.1. The summed E-state index contributed by atoms with van der Waals surface area (Å²) in [4.78, 5) is 25.4. The molecule has 3 N–H and O–H groups in total. The number of aromatic nitrogens is 2. The van der Waals surface area contributed by atoms with Gasteiger partial charge in [-0.1, -0.05) is 0 Å². The molecule has 0 saturated carbocycles. The minimum Gasteiger partial charge on any atom is -0.402 e. The van der Waals surface area contributed by atoms with Gasteiger partial charge in [-0.05, 0) is 6.92 Å². The van der Waals surface area contributed by atoms with Gasteiger partial charge >= 0.3 is 5.69 Å². The van der Waals surface area contributed by atoms with Gasteiger partial charge in [0.2, 0.25) is 5.85 Å². The molecule has 21 heavy (non-hydrogen) atoms. The Bertz CT molecular complexity index is 686. The van der Waals surface area contributed by atoms with E-state index in [0.717, 1.165) is 4.57 Å². The molecule has 0 amide bonds. The van der Waals surface area contributed by atoms with E-state index in [2.05, 4.69) is 4.98 Å². The van der Waals surface area contributed by atoms with E-state index in [1.165, 1.54) is 36.7 Å². The first-order valence-electron chi connectivity index (χ1n) is 6.53. The highest BCUT2D eigenvalue weighted by Gasteiger charge is 2.60. The van der Waals surface area contributed by atoms with Crippen molar-refractivity contribution in [3.63, 3.8) is 0 Å². The molecule has 0 aromatic carbocycles. The maximum Gasteiger partial charge on any atom is 0.330 e. The van der Waals surface area contributed by atoms with Crippen molar-refractivity contribution in [2.75, 3.05) is 0 Å². The molecule has 0 radical (unpaired) electrons. The summed E-state index contributed by atoms with van der Waals surface area (Å²) in [6, 6.07) is 0. The van der Waals surface area contributed by atoms with Crippen molar-refractivity contribution in [3.8, 4) is 0 Å². The van der Waals surface area contributed by atoms with Crippen LogP contribution in [-0.2, 0) is 10.4 Å². The zero-order chi connectivity index (χ0) is 16.2. The van der Waals surface area contributed by atoms with E-state index in [0.29, 0.717) is 0 Å². The van der Waals surface area contributed by atoms with E-state index in [-0.39, 0.29) is 5.56 Å². The highest BCUT2D eigenvalue weighted by molar-refractivity contribution is 6.39. The molecule has 0 bridgehead atoms. The number of H-pyrrole nitrogens is 1. The fraction of sp³-hybridized carbons (Fsp3) is 0.600. The number of nitrogens with one attached hydrogen (secondary N) is 1. The van der Waals surface area contributed by atoms with Crippen molar-refractivity contribution in [2.24, 2.45) is 0 Å². The standard InChI is InChI=1S/C10H16B3FN2O5/c1-4-3-16(7(19)15-6(4)18)9(11)5(17)2-8(14,21-9)10(12,13)20/h3,5,17,20H,2,11-13H2,1H3,(H,15,18,19)/t5-,8+,9+/m1/s1. The molecule has 0 unspecified atom stereocenters. The largest absolute Gasteiger partial charge is 0.402 e. The van der Waals surface area contributed by atoms with Crippen molar-refractivity contribution in [2.45, 2.75) is 36.3 Å². The average Bonchev–Trinajstić information content (AvgIpc) is 2.55. The normalized spacial score (nSPS) is 33.2. The van der Waals surface area contributed by atoms with Crippen LogP contribution in [0.25, 0.3) is 0 Å². The molecule has 1 aromatic rings. The molecule has 1 aromatic heterocycles. The highest BCUT2D eigenvalue weighted by atomic mass is 19.2. The Hall–Kier alpha value is -1.32. The summed E-state index contributed by atoms with van der Waals surface area (Å²) >= 11 is 0. The Morgan fingerprint density at radius 3 is 2.62 bits per heavy atom. The predicted molar refractivity (Wildman–Crippen MR) is 80.2 cm³/mol. The SMILES string of the molecule is BC(B)(O)[C@]1(F)C[C@@H](O)[C@](B)(n2cc(C)c(=O)[nH]c2=O)O1. The number of rotatable bonds is 2.